The second-order valence-corrected chi connectivity index (χ2v) is 44.5. The molecule has 0 nitrogen and oxygen atoms in total. The van der Waals surface area contributed by atoms with Crippen LogP contribution in [0.15, 0.2) is 0 Å². The Balaban J connectivity index is 0.000000126. The predicted octanol–water partition coefficient (Wildman–Crippen LogP) is 30.4. The standard InChI is InChI=1S/C16H30.C13H22.C12H22.C12H24.C11H20.2C10H18.C9H16/c1-13-6-8-16(9-7-13)11-14(2,3)10-15(4,5)12-16;1-2-13-4-3-10-5-11(8-13)7-12(6-10)9-13;1-11-5-9-12(10-6-11)7-3-2-4-8-12;1-7-12(6)8-10(2,3)11(4,5)9-12;1-8-9-4-6-10(7-5-9)11(8,2)3;1-8-7-9-3-5-10(8,2)6-4-9;1-7-8(2)10-5-3-9(7)4-6-10;1-7-6-8-2-4-9(7)5-3-8/h13H,6-12H2,1-5H3;10-12H,2-9H2,1H3;11H,2-10H2,1H3;7-9H2,1-6H3;8-10H,4-7H2,1-3H3;8-9H,3-7H2,1-2H3;7-10H,3-6H2,1-2H3;7-9H,2-6H2,1H3/t;;;;2*8-,9?,10?;7-,8?,9?,10?;7-,8?,9?/m....1000/s1. The van der Waals surface area contributed by atoms with E-state index in [9.17, 15) is 0 Å². The maximum Gasteiger partial charge on any atom is -0.0287 e. The van der Waals surface area contributed by atoms with E-state index in [0.29, 0.717) is 37.9 Å². The van der Waals surface area contributed by atoms with Crippen LogP contribution in [0.2, 0.25) is 0 Å². The molecule has 542 valence electrons. The molecule has 0 aromatic rings. The minimum atomic E-state index is 0.526. The Kier molecular flexibility index (Phi) is 26.0. The van der Waals surface area contributed by atoms with Gasteiger partial charge < -0.3 is 0 Å². The Hall–Kier alpha value is 0. The van der Waals surface area contributed by atoms with Crippen molar-refractivity contribution in [2.45, 2.75) is 434 Å². The van der Waals surface area contributed by atoms with Crippen molar-refractivity contribution in [2.75, 3.05) is 0 Å². The van der Waals surface area contributed by atoms with Gasteiger partial charge in [-0.15, -0.1) is 0 Å². The van der Waals surface area contributed by atoms with Crippen molar-refractivity contribution in [3.05, 3.63) is 0 Å². The fourth-order valence-electron chi connectivity index (χ4n) is 28.1. The molecule has 21 fully saturated rings. The summed E-state index contributed by atoms with van der Waals surface area (Å²) < 4.78 is 0. The summed E-state index contributed by atoms with van der Waals surface area (Å²) in [4.78, 5) is 0. The molecule has 21 aliphatic carbocycles. The van der Waals surface area contributed by atoms with Crippen molar-refractivity contribution in [1.82, 2.24) is 0 Å². The van der Waals surface area contributed by atoms with Crippen LogP contribution in [-0.2, 0) is 0 Å². The zero-order valence-electron chi connectivity index (χ0n) is 67.6. The van der Waals surface area contributed by atoms with Gasteiger partial charge in [-0.1, -0.05) is 216 Å². The Bertz CT molecular complexity index is 2120. The summed E-state index contributed by atoms with van der Waals surface area (Å²) in [6.07, 6.45) is 68.4. The van der Waals surface area contributed by atoms with E-state index in [2.05, 4.69) is 145 Å². The minimum Gasteiger partial charge on any atom is -0.0649 e. The number of hydrogen-bond acceptors (Lipinski definition) is 0. The van der Waals surface area contributed by atoms with Crippen molar-refractivity contribution >= 4 is 0 Å². The topological polar surface area (TPSA) is 0 Å². The van der Waals surface area contributed by atoms with Gasteiger partial charge in [0.25, 0.3) is 0 Å². The first-order valence-electron chi connectivity index (χ1n) is 43.5. The fourth-order valence-corrected chi connectivity index (χ4v) is 28.1. The molecule has 21 saturated carbocycles. The molecule has 3 unspecified atom stereocenters. The van der Waals surface area contributed by atoms with Crippen molar-refractivity contribution in [3.63, 3.8) is 0 Å². The van der Waals surface area contributed by atoms with Crippen molar-refractivity contribution in [1.29, 1.82) is 0 Å². The van der Waals surface area contributed by atoms with Crippen LogP contribution in [-0.4, -0.2) is 0 Å². The van der Waals surface area contributed by atoms with Gasteiger partial charge in [-0.25, -0.2) is 0 Å². The van der Waals surface area contributed by atoms with Crippen molar-refractivity contribution in [3.8, 4) is 0 Å². The molecular weight excluding hydrogens is 1120 g/mol. The number of fused-ring (bicyclic) bond motifs is 13. The van der Waals surface area contributed by atoms with Gasteiger partial charge >= 0.3 is 0 Å². The van der Waals surface area contributed by atoms with E-state index in [1.807, 2.05) is 0 Å². The predicted molar refractivity (Wildman–Crippen MR) is 411 cm³/mol. The van der Waals surface area contributed by atoms with Crippen LogP contribution < -0.4 is 0 Å². The van der Waals surface area contributed by atoms with Gasteiger partial charge in [-0.2, -0.15) is 0 Å². The highest BCUT2D eigenvalue weighted by molar-refractivity contribution is 5.03. The van der Waals surface area contributed by atoms with Crippen molar-refractivity contribution in [2.24, 2.45) is 155 Å². The SMILES string of the molecule is CC1C2CCC(CC2)[C@H]1C.CC1CCC2(CC1)CC(C)(C)CC(C)(C)C2.CC1CCC2(CCCCC2)CC1.CCC1(C)CC(C)(C)C(C)(C)C1.CCC12CCC3CC(CC(C3)C1)C2.C[C@@H]1C2CCC(CC2)C1(C)C.C[C@H]1CC2CCC1(C)CC2.C[C@H]1CC2CCC1CC2. The average Bonchev–Trinajstić information content (AvgIpc) is 1.72. The molecule has 21 aliphatic rings. The summed E-state index contributed by atoms with van der Waals surface area (Å²) in [6.45, 7) is 51.5. The third-order valence-electron chi connectivity index (χ3n) is 35.3. The lowest BCUT2D eigenvalue weighted by atomic mass is 9.51. The van der Waals surface area contributed by atoms with Crippen LogP contribution in [0.4, 0.5) is 0 Å². The molecule has 0 aromatic carbocycles. The second-order valence-electron chi connectivity index (χ2n) is 44.5. The number of hydrogen-bond donors (Lipinski definition) is 0. The molecule has 0 aliphatic heterocycles. The normalized spacial score (nSPS) is 43.6. The summed E-state index contributed by atoms with van der Waals surface area (Å²) in [6, 6.07) is 0. The van der Waals surface area contributed by atoms with Gasteiger partial charge in [0.1, 0.15) is 0 Å². The molecule has 0 radical (unpaired) electrons. The zero-order valence-corrected chi connectivity index (χ0v) is 67.6. The highest BCUT2D eigenvalue weighted by Gasteiger charge is 2.53. The minimum absolute atomic E-state index is 0.526. The molecule has 0 heterocycles. The van der Waals surface area contributed by atoms with E-state index in [-0.39, 0.29) is 0 Å². The fraction of sp³-hybridized carbons (Fsp3) is 1.00. The molecule has 12 bridgehead atoms. The highest BCUT2D eigenvalue weighted by atomic mass is 14.6. The Morgan fingerprint density at radius 1 is 0.323 bits per heavy atom. The smallest absolute Gasteiger partial charge is 0.0287 e. The van der Waals surface area contributed by atoms with Gasteiger partial charge in [-0.05, 0) is 373 Å². The first-order valence-corrected chi connectivity index (χ1v) is 43.5. The molecule has 0 amide bonds. The summed E-state index contributed by atoms with van der Waals surface area (Å²) in [5.74, 6) is 18.2. The van der Waals surface area contributed by atoms with Gasteiger partial charge in [0.05, 0.1) is 0 Å². The van der Waals surface area contributed by atoms with Gasteiger partial charge in [-0.3, -0.25) is 0 Å². The van der Waals surface area contributed by atoms with Crippen LogP contribution in [0.3, 0.4) is 0 Å². The molecule has 0 aromatic heterocycles. The number of rotatable bonds is 2. The van der Waals surface area contributed by atoms with Crippen LogP contribution in [0.5, 0.6) is 0 Å². The Morgan fingerprint density at radius 2 is 0.753 bits per heavy atom. The summed E-state index contributed by atoms with van der Waals surface area (Å²) in [5, 5.41) is 0. The summed E-state index contributed by atoms with van der Waals surface area (Å²) >= 11 is 0. The maximum atomic E-state index is 2.49. The largest absolute Gasteiger partial charge is 0.0649 e. The zero-order chi connectivity index (χ0) is 67.6. The summed E-state index contributed by atoms with van der Waals surface area (Å²) in [5.41, 5.74) is 6.56. The van der Waals surface area contributed by atoms with E-state index in [0.717, 1.165) is 117 Å². The van der Waals surface area contributed by atoms with Crippen LogP contribution in [0.25, 0.3) is 0 Å². The lowest BCUT2D eigenvalue weighted by molar-refractivity contribution is -0.0322. The third-order valence-corrected chi connectivity index (χ3v) is 35.3. The molecule has 7 atom stereocenters. The molecule has 0 heteroatoms. The molecule has 0 N–H and O–H groups in total. The van der Waals surface area contributed by atoms with Gasteiger partial charge in [0.2, 0.25) is 0 Å². The van der Waals surface area contributed by atoms with Crippen LogP contribution in [0.1, 0.15) is 434 Å². The molecular formula is C93H170. The first-order chi connectivity index (χ1) is 43.5. The van der Waals surface area contributed by atoms with Crippen molar-refractivity contribution < 1.29 is 0 Å². The molecule has 2 spiro atoms. The van der Waals surface area contributed by atoms with Crippen LogP contribution in [0, 0.1) is 155 Å². The lowest BCUT2D eigenvalue weighted by Gasteiger charge is -2.54. The van der Waals surface area contributed by atoms with Gasteiger partial charge in [0, 0.05) is 0 Å². The summed E-state index contributed by atoms with van der Waals surface area (Å²) in [7, 11) is 0. The van der Waals surface area contributed by atoms with E-state index in [1.165, 1.54) is 186 Å². The Labute approximate surface area is 585 Å². The average molecular weight is 1290 g/mol. The highest BCUT2D eigenvalue weighted by Crippen LogP contribution is 2.63. The monoisotopic (exact) mass is 1290 g/mol. The maximum absolute atomic E-state index is 2.49. The third kappa shape index (κ3) is 19.6. The first kappa shape index (κ1) is 77.2. The van der Waals surface area contributed by atoms with E-state index in [4.69, 9.17) is 0 Å². The molecule has 21 rings (SSSR count). The van der Waals surface area contributed by atoms with Crippen LogP contribution >= 0.6 is 0 Å². The van der Waals surface area contributed by atoms with E-state index < -0.39 is 0 Å². The quantitative estimate of drug-likeness (QED) is 0.259. The van der Waals surface area contributed by atoms with E-state index in [1.54, 1.807) is 103 Å². The lowest BCUT2D eigenvalue weighted by Crippen LogP contribution is -2.44. The van der Waals surface area contributed by atoms with E-state index >= 15 is 0 Å². The second kappa shape index (κ2) is 31.3. The molecule has 0 saturated heterocycles. The van der Waals surface area contributed by atoms with Gasteiger partial charge in [0.15, 0.2) is 0 Å². The Morgan fingerprint density at radius 3 is 1.10 bits per heavy atom. The molecule has 93 heavy (non-hydrogen) atoms.